The van der Waals surface area contributed by atoms with Crippen molar-refractivity contribution in [3.05, 3.63) is 53.6 Å². The number of benzene rings is 2. The molecule has 0 radical (unpaired) electrons. The fourth-order valence-corrected chi connectivity index (χ4v) is 1.84. The fraction of sp³-hybridized carbons (Fsp3) is 0.125. The number of rotatable bonds is 5. The van der Waals surface area contributed by atoms with Crippen LogP contribution in [0.1, 0.15) is 15.9 Å². The van der Waals surface area contributed by atoms with E-state index in [1.807, 2.05) is 6.07 Å². The summed E-state index contributed by atoms with van der Waals surface area (Å²) in [4.78, 5) is 15.3. The van der Waals surface area contributed by atoms with Gasteiger partial charge in [-0.2, -0.15) is 0 Å². The number of nitrogens with zero attached hydrogens (tertiary/aromatic N) is 1. The van der Waals surface area contributed by atoms with Gasteiger partial charge in [-0.05, 0) is 35.9 Å². The number of aromatic carboxylic acids is 1. The largest absolute Gasteiger partial charge is 0.493 e. The van der Waals surface area contributed by atoms with Crippen molar-refractivity contribution < 1.29 is 19.4 Å². The second kappa shape index (κ2) is 6.56. The predicted octanol–water partition coefficient (Wildman–Crippen LogP) is 3.15. The lowest BCUT2D eigenvalue weighted by Crippen LogP contribution is -1.96. The first-order valence-electron chi connectivity index (χ1n) is 6.24. The van der Waals surface area contributed by atoms with E-state index in [0.717, 1.165) is 5.56 Å². The molecule has 5 nitrogen and oxygen atoms in total. The number of ether oxygens (including phenoxy) is 2. The van der Waals surface area contributed by atoms with Gasteiger partial charge in [-0.3, -0.25) is 4.99 Å². The van der Waals surface area contributed by atoms with Crippen LogP contribution in [-0.4, -0.2) is 31.5 Å². The molecule has 0 heterocycles. The molecule has 108 valence electrons. The van der Waals surface area contributed by atoms with E-state index in [2.05, 4.69) is 4.99 Å². The Bertz CT molecular complexity index is 680. The number of hydrogen-bond donors (Lipinski definition) is 1. The maximum Gasteiger partial charge on any atom is 0.337 e. The van der Waals surface area contributed by atoms with Gasteiger partial charge in [0, 0.05) is 6.21 Å². The average Bonchev–Trinajstić information content (AvgIpc) is 2.52. The van der Waals surface area contributed by atoms with E-state index in [4.69, 9.17) is 14.6 Å². The van der Waals surface area contributed by atoms with E-state index in [1.54, 1.807) is 50.8 Å². The van der Waals surface area contributed by atoms with Crippen molar-refractivity contribution in [3.8, 4) is 11.5 Å². The van der Waals surface area contributed by atoms with Gasteiger partial charge in [0.05, 0.1) is 25.5 Å². The van der Waals surface area contributed by atoms with Gasteiger partial charge in [0.15, 0.2) is 11.5 Å². The molecule has 0 bridgehead atoms. The van der Waals surface area contributed by atoms with Crippen LogP contribution < -0.4 is 9.47 Å². The third-order valence-electron chi connectivity index (χ3n) is 2.89. The van der Waals surface area contributed by atoms with E-state index >= 15 is 0 Å². The van der Waals surface area contributed by atoms with Crippen molar-refractivity contribution in [1.29, 1.82) is 0 Å². The monoisotopic (exact) mass is 285 g/mol. The summed E-state index contributed by atoms with van der Waals surface area (Å²) in [5.74, 6) is 0.212. The van der Waals surface area contributed by atoms with Gasteiger partial charge < -0.3 is 14.6 Å². The standard InChI is InChI=1S/C16H15NO4/c1-20-14-8-7-11(9-15(14)21-2)10-17-13-6-4-3-5-12(13)16(18)19/h3-10H,1-2H3,(H,18,19). The van der Waals surface area contributed by atoms with Gasteiger partial charge in [0.2, 0.25) is 0 Å². The van der Waals surface area contributed by atoms with E-state index in [9.17, 15) is 4.79 Å². The van der Waals surface area contributed by atoms with Crippen LogP contribution in [0.4, 0.5) is 5.69 Å². The second-order valence-corrected chi connectivity index (χ2v) is 4.19. The van der Waals surface area contributed by atoms with Crippen LogP contribution in [0.25, 0.3) is 0 Å². The first-order chi connectivity index (χ1) is 10.2. The highest BCUT2D eigenvalue weighted by Gasteiger charge is 2.07. The molecule has 5 heteroatoms. The molecule has 0 amide bonds. The lowest BCUT2D eigenvalue weighted by molar-refractivity contribution is 0.0698. The van der Waals surface area contributed by atoms with Gasteiger partial charge in [0.25, 0.3) is 0 Å². The Hall–Kier alpha value is -2.82. The number of para-hydroxylation sites is 1. The third kappa shape index (κ3) is 3.39. The van der Waals surface area contributed by atoms with Gasteiger partial charge >= 0.3 is 5.97 Å². The summed E-state index contributed by atoms with van der Waals surface area (Å²) in [7, 11) is 3.12. The summed E-state index contributed by atoms with van der Waals surface area (Å²) in [6.07, 6.45) is 1.59. The molecule has 2 rings (SSSR count). The minimum Gasteiger partial charge on any atom is -0.493 e. The smallest absolute Gasteiger partial charge is 0.337 e. The number of carboxylic acid groups (broad SMARTS) is 1. The van der Waals surface area contributed by atoms with Gasteiger partial charge in [0.1, 0.15) is 0 Å². The summed E-state index contributed by atoms with van der Waals surface area (Å²) in [5.41, 5.74) is 1.35. The highest BCUT2D eigenvalue weighted by Crippen LogP contribution is 2.27. The zero-order valence-electron chi connectivity index (χ0n) is 11.7. The number of aliphatic imine (C=N–C) groups is 1. The Morgan fingerprint density at radius 2 is 1.81 bits per heavy atom. The van der Waals surface area contributed by atoms with Crippen LogP contribution in [0.5, 0.6) is 11.5 Å². The summed E-state index contributed by atoms with van der Waals surface area (Å²) in [6.45, 7) is 0. The lowest BCUT2D eigenvalue weighted by atomic mass is 10.2. The van der Waals surface area contributed by atoms with Crippen LogP contribution in [0.3, 0.4) is 0 Å². The molecule has 2 aromatic carbocycles. The molecule has 1 N–H and O–H groups in total. The molecule has 0 spiro atoms. The average molecular weight is 285 g/mol. The maximum absolute atomic E-state index is 11.1. The molecule has 0 aliphatic carbocycles. The molecule has 0 aliphatic rings. The number of methoxy groups -OCH3 is 2. The Morgan fingerprint density at radius 1 is 1.10 bits per heavy atom. The van der Waals surface area contributed by atoms with Crippen molar-refractivity contribution in [2.45, 2.75) is 0 Å². The minimum atomic E-state index is -1.00. The zero-order valence-corrected chi connectivity index (χ0v) is 11.7. The minimum absolute atomic E-state index is 0.161. The molecular weight excluding hydrogens is 270 g/mol. The zero-order chi connectivity index (χ0) is 15.2. The molecule has 0 aliphatic heterocycles. The van der Waals surface area contributed by atoms with Crippen molar-refractivity contribution in [2.75, 3.05) is 14.2 Å². The molecule has 0 unspecified atom stereocenters. The van der Waals surface area contributed by atoms with Crippen LogP contribution in [-0.2, 0) is 0 Å². The lowest BCUT2D eigenvalue weighted by Gasteiger charge is -2.07. The molecule has 0 saturated carbocycles. The number of hydrogen-bond acceptors (Lipinski definition) is 4. The Morgan fingerprint density at radius 3 is 2.48 bits per heavy atom. The molecule has 2 aromatic rings. The summed E-state index contributed by atoms with van der Waals surface area (Å²) in [6, 6.07) is 11.9. The molecule has 0 saturated heterocycles. The molecular formula is C16H15NO4. The summed E-state index contributed by atoms with van der Waals surface area (Å²) >= 11 is 0. The third-order valence-corrected chi connectivity index (χ3v) is 2.89. The van der Waals surface area contributed by atoms with E-state index in [1.165, 1.54) is 6.07 Å². The molecule has 0 aromatic heterocycles. The molecule has 0 fully saturated rings. The highest BCUT2D eigenvalue weighted by atomic mass is 16.5. The number of carboxylic acids is 1. The fourth-order valence-electron chi connectivity index (χ4n) is 1.84. The summed E-state index contributed by atoms with van der Waals surface area (Å²) < 4.78 is 10.4. The van der Waals surface area contributed by atoms with Crippen LogP contribution in [0.2, 0.25) is 0 Å². The van der Waals surface area contributed by atoms with Gasteiger partial charge in [-0.15, -0.1) is 0 Å². The summed E-state index contributed by atoms with van der Waals surface area (Å²) in [5, 5.41) is 9.10. The predicted molar refractivity (Wildman–Crippen MR) is 80.2 cm³/mol. The van der Waals surface area contributed by atoms with Gasteiger partial charge in [-0.25, -0.2) is 4.79 Å². The highest BCUT2D eigenvalue weighted by molar-refractivity contribution is 5.95. The molecule has 21 heavy (non-hydrogen) atoms. The first kappa shape index (κ1) is 14.6. The normalized spacial score (nSPS) is 10.6. The van der Waals surface area contributed by atoms with Crippen LogP contribution in [0.15, 0.2) is 47.5 Å². The van der Waals surface area contributed by atoms with E-state index in [0.29, 0.717) is 17.2 Å². The topological polar surface area (TPSA) is 68.1 Å². The van der Waals surface area contributed by atoms with Crippen molar-refractivity contribution >= 4 is 17.9 Å². The maximum atomic E-state index is 11.1. The van der Waals surface area contributed by atoms with Crippen molar-refractivity contribution in [3.63, 3.8) is 0 Å². The quantitative estimate of drug-likeness (QED) is 0.857. The molecule has 0 atom stereocenters. The van der Waals surface area contributed by atoms with Crippen molar-refractivity contribution in [2.24, 2.45) is 4.99 Å². The second-order valence-electron chi connectivity index (χ2n) is 4.19. The first-order valence-corrected chi connectivity index (χ1v) is 6.24. The number of carbonyl (C=O) groups is 1. The van der Waals surface area contributed by atoms with E-state index < -0.39 is 5.97 Å². The Balaban J connectivity index is 2.32. The Labute approximate surface area is 122 Å². The SMILES string of the molecule is COc1ccc(C=Nc2ccccc2C(=O)O)cc1OC. The van der Waals surface area contributed by atoms with E-state index in [-0.39, 0.29) is 5.56 Å². The van der Waals surface area contributed by atoms with Crippen molar-refractivity contribution in [1.82, 2.24) is 0 Å². The van der Waals surface area contributed by atoms with Crippen LogP contribution >= 0.6 is 0 Å². The van der Waals surface area contributed by atoms with Crippen LogP contribution in [0, 0.1) is 0 Å². The van der Waals surface area contributed by atoms with Gasteiger partial charge in [-0.1, -0.05) is 12.1 Å². The Kier molecular flexibility index (Phi) is 4.56.